The highest BCUT2D eigenvalue weighted by molar-refractivity contribution is 5.86. The van der Waals surface area contributed by atoms with Gasteiger partial charge in [-0.2, -0.15) is 0 Å². The number of hydrogen-bond donors (Lipinski definition) is 4. The van der Waals surface area contributed by atoms with Crippen LogP contribution in [-0.4, -0.2) is 59.8 Å². The van der Waals surface area contributed by atoms with Crippen molar-refractivity contribution in [2.75, 3.05) is 13.2 Å². The third-order valence-corrected chi connectivity index (χ3v) is 6.70. The number of benzene rings is 1. The van der Waals surface area contributed by atoms with Gasteiger partial charge in [-0.25, -0.2) is 9.59 Å². The summed E-state index contributed by atoms with van der Waals surface area (Å²) in [7, 11) is 0. The first-order valence-corrected chi connectivity index (χ1v) is 12.8. The maximum absolute atomic E-state index is 12.8. The lowest BCUT2D eigenvalue weighted by atomic mass is 9.95. The van der Waals surface area contributed by atoms with Crippen molar-refractivity contribution in [3.63, 3.8) is 0 Å². The molecule has 3 rings (SSSR count). The number of cyclic esters (lactones) is 1. The average molecular weight is 516 g/mol. The third-order valence-electron chi connectivity index (χ3n) is 6.70. The Hall–Kier alpha value is -3.40. The molecule has 0 aromatic heterocycles. The summed E-state index contributed by atoms with van der Waals surface area (Å²) < 4.78 is 10.6. The fraction of sp³-hybridized carbons (Fsp3) is 0.556. The minimum Gasteiger partial charge on any atom is -0.459 e. The number of amides is 3. The number of rotatable bonds is 7. The zero-order valence-electron chi connectivity index (χ0n) is 21.2. The molecule has 0 saturated heterocycles. The highest BCUT2D eigenvalue weighted by Crippen LogP contribution is 2.29. The van der Waals surface area contributed by atoms with Crippen molar-refractivity contribution in [1.29, 1.82) is 0 Å². The molecule has 0 unspecified atom stereocenters. The monoisotopic (exact) mass is 515 g/mol. The van der Waals surface area contributed by atoms with Crippen molar-refractivity contribution in [3.05, 3.63) is 48.0 Å². The molecule has 2 aliphatic rings. The Bertz CT molecular complexity index is 960. The number of ether oxygens (including phenoxy) is 2. The molecule has 1 aliphatic heterocycles. The molecule has 1 fully saturated rings. The smallest absolute Gasteiger partial charge is 0.408 e. The number of alkyl carbamates (subject to hydrolysis) is 1. The van der Waals surface area contributed by atoms with Crippen LogP contribution in [0.3, 0.4) is 0 Å². The van der Waals surface area contributed by atoms with Crippen LogP contribution in [0.25, 0.3) is 0 Å². The van der Waals surface area contributed by atoms with E-state index in [1.165, 1.54) is 0 Å². The van der Waals surface area contributed by atoms with Crippen molar-refractivity contribution < 1.29 is 33.8 Å². The molecule has 10 heteroatoms. The number of allylic oxidation sites excluding steroid dienone is 1. The summed E-state index contributed by atoms with van der Waals surface area (Å²) in [4.78, 5) is 50.5. The van der Waals surface area contributed by atoms with Crippen LogP contribution in [0.4, 0.5) is 4.79 Å². The van der Waals surface area contributed by atoms with E-state index in [2.05, 4.69) is 16.0 Å². The van der Waals surface area contributed by atoms with E-state index in [1.807, 2.05) is 30.3 Å². The van der Waals surface area contributed by atoms with Gasteiger partial charge in [0, 0.05) is 6.42 Å². The molecule has 37 heavy (non-hydrogen) atoms. The molecular weight excluding hydrogens is 478 g/mol. The van der Waals surface area contributed by atoms with Gasteiger partial charge < -0.3 is 30.5 Å². The first-order valence-electron chi connectivity index (χ1n) is 12.8. The van der Waals surface area contributed by atoms with Crippen molar-refractivity contribution >= 4 is 23.9 Å². The van der Waals surface area contributed by atoms with E-state index in [0.29, 0.717) is 0 Å². The molecular formula is C27H37N3O7. The zero-order valence-corrected chi connectivity index (χ0v) is 21.2. The molecule has 3 atom stereocenters. The normalized spacial score (nSPS) is 24.1. The summed E-state index contributed by atoms with van der Waals surface area (Å²) in [5.74, 6) is -1.85. The van der Waals surface area contributed by atoms with Crippen molar-refractivity contribution in [2.45, 2.75) is 76.2 Å². The number of esters is 1. The molecule has 1 heterocycles. The van der Waals surface area contributed by atoms with Gasteiger partial charge in [-0.3, -0.25) is 9.59 Å². The summed E-state index contributed by atoms with van der Waals surface area (Å²) in [6, 6.07) is 8.21. The van der Waals surface area contributed by atoms with Crippen LogP contribution < -0.4 is 16.0 Å². The van der Waals surface area contributed by atoms with E-state index < -0.39 is 35.7 Å². The summed E-state index contributed by atoms with van der Waals surface area (Å²) >= 11 is 0. The van der Waals surface area contributed by atoms with Crippen molar-refractivity contribution in [3.8, 4) is 0 Å². The maximum Gasteiger partial charge on any atom is 0.408 e. The van der Waals surface area contributed by atoms with E-state index >= 15 is 0 Å². The number of carbonyl (C=O) groups is 4. The van der Waals surface area contributed by atoms with Crippen molar-refractivity contribution in [2.24, 2.45) is 5.92 Å². The highest BCUT2D eigenvalue weighted by atomic mass is 16.6. The lowest BCUT2D eigenvalue weighted by Gasteiger charge is -2.29. The minimum absolute atomic E-state index is 0.0282. The Morgan fingerprint density at radius 1 is 1.14 bits per heavy atom. The number of hydrogen-bond acceptors (Lipinski definition) is 7. The average Bonchev–Trinajstić information content (AvgIpc) is 3.35. The number of aliphatic hydroxyl groups is 1. The lowest BCUT2D eigenvalue weighted by Crippen LogP contribution is -2.50. The van der Waals surface area contributed by atoms with Gasteiger partial charge in [-0.1, -0.05) is 55.3 Å². The third kappa shape index (κ3) is 8.89. The van der Waals surface area contributed by atoms with Crippen molar-refractivity contribution in [1.82, 2.24) is 16.0 Å². The van der Waals surface area contributed by atoms with E-state index in [9.17, 15) is 24.3 Å². The fourth-order valence-electron chi connectivity index (χ4n) is 4.55. The van der Waals surface area contributed by atoms with E-state index in [1.54, 1.807) is 19.1 Å². The van der Waals surface area contributed by atoms with Gasteiger partial charge in [-0.15, -0.1) is 0 Å². The second-order valence-corrected chi connectivity index (χ2v) is 9.79. The zero-order chi connectivity index (χ0) is 26.7. The summed E-state index contributed by atoms with van der Waals surface area (Å²) in [6.45, 7) is 1.64. The molecule has 0 radical (unpaired) electrons. The molecule has 0 bridgehead atoms. The number of carbonyl (C=O) groups excluding carboxylic acids is 4. The molecule has 1 aliphatic carbocycles. The van der Waals surface area contributed by atoms with E-state index in [4.69, 9.17) is 9.47 Å². The number of nitrogens with one attached hydrogen (secondary N) is 3. The summed E-state index contributed by atoms with van der Waals surface area (Å²) in [5, 5.41) is 18.0. The fourth-order valence-corrected chi connectivity index (χ4v) is 4.55. The first-order chi connectivity index (χ1) is 17.8. The number of aliphatic hydroxyl groups excluding tert-OH is 1. The highest BCUT2D eigenvalue weighted by Gasteiger charge is 2.35. The topological polar surface area (TPSA) is 143 Å². The first kappa shape index (κ1) is 28.2. The second-order valence-electron chi connectivity index (χ2n) is 9.79. The Balaban J connectivity index is 1.60. The second kappa shape index (κ2) is 13.8. The van der Waals surface area contributed by atoms with Crippen LogP contribution in [0.5, 0.6) is 0 Å². The van der Waals surface area contributed by atoms with Gasteiger partial charge in [-0.05, 0) is 38.2 Å². The summed E-state index contributed by atoms with van der Waals surface area (Å²) in [5.41, 5.74) is 0.210. The van der Waals surface area contributed by atoms with Crippen LogP contribution in [-0.2, 0) is 30.5 Å². The quantitative estimate of drug-likeness (QED) is 0.322. The Labute approximate surface area is 217 Å². The van der Waals surface area contributed by atoms with Crippen LogP contribution in [0.15, 0.2) is 42.5 Å². The molecule has 1 aromatic carbocycles. The van der Waals surface area contributed by atoms with Crippen LogP contribution in [0, 0.1) is 5.92 Å². The molecule has 1 saturated carbocycles. The van der Waals surface area contributed by atoms with E-state index in [0.717, 1.165) is 31.2 Å². The Kier molecular flexibility index (Phi) is 10.5. The van der Waals surface area contributed by atoms with Crippen LogP contribution in [0.2, 0.25) is 0 Å². The predicted molar refractivity (Wildman–Crippen MR) is 135 cm³/mol. The van der Waals surface area contributed by atoms with Gasteiger partial charge in [0.1, 0.15) is 18.8 Å². The van der Waals surface area contributed by atoms with Gasteiger partial charge in [0.15, 0.2) is 0 Å². The molecule has 0 spiro atoms. The predicted octanol–water partition coefficient (Wildman–Crippen LogP) is 2.11. The maximum atomic E-state index is 12.8. The van der Waals surface area contributed by atoms with E-state index in [-0.39, 0.29) is 50.8 Å². The van der Waals surface area contributed by atoms with Gasteiger partial charge in [0.25, 0.3) is 0 Å². The lowest BCUT2D eigenvalue weighted by molar-refractivity contribution is -0.151. The molecule has 4 N–H and O–H groups in total. The van der Waals surface area contributed by atoms with Gasteiger partial charge >= 0.3 is 12.1 Å². The molecule has 1 aromatic rings. The SMILES string of the molecule is C[C@H]1CNC(=O)[C@@H](CC(=O)NC2(CO)CCCC2)CC=CC[C@@H](NC(=O)OCc2ccccc2)C(=O)O1. The molecule has 3 amide bonds. The van der Waals surface area contributed by atoms with Crippen LogP contribution >= 0.6 is 0 Å². The van der Waals surface area contributed by atoms with Gasteiger partial charge in [0.05, 0.1) is 24.6 Å². The van der Waals surface area contributed by atoms with Crippen LogP contribution in [0.1, 0.15) is 57.4 Å². The largest absolute Gasteiger partial charge is 0.459 e. The standard InChI is InChI=1S/C27H37N3O7/c1-19-16-28-24(33)21(15-23(32)30-27(18-31)13-7-8-14-27)11-5-6-12-22(25(34)37-19)29-26(35)36-17-20-9-3-2-4-10-20/h2-6,9-10,19,21-22,31H,7-8,11-18H2,1H3,(H,28,33)(H,29,35)(H,30,32)/t19-,21+,22+/m0/s1. The Morgan fingerprint density at radius 2 is 1.84 bits per heavy atom. The molecule has 10 nitrogen and oxygen atoms in total. The van der Waals surface area contributed by atoms with Gasteiger partial charge in [0.2, 0.25) is 11.8 Å². The summed E-state index contributed by atoms with van der Waals surface area (Å²) in [6.07, 6.45) is 5.73. The minimum atomic E-state index is -0.967. The molecule has 202 valence electrons. The Morgan fingerprint density at radius 3 is 2.54 bits per heavy atom.